The fraction of sp³-hybridized carbons (Fsp3) is 0.0870. The smallest absolute Gasteiger partial charge is 0.318 e. The van der Waals surface area contributed by atoms with E-state index in [-0.39, 0.29) is 17.1 Å². The van der Waals surface area contributed by atoms with E-state index in [2.05, 4.69) is 5.32 Å². The number of rotatable bonds is 3. The molecule has 1 saturated heterocycles. The van der Waals surface area contributed by atoms with Crippen molar-refractivity contribution in [1.29, 1.82) is 0 Å². The summed E-state index contributed by atoms with van der Waals surface area (Å²) >= 11 is 5.88. The van der Waals surface area contributed by atoms with Gasteiger partial charge in [0.2, 0.25) is 0 Å². The number of hydrogen-bond acceptors (Lipinski definition) is 3. The van der Waals surface area contributed by atoms with Crippen LogP contribution in [0.4, 0.5) is 14.9 Å². The number of carbonyl (C=O) groups is 3. The Morgan fingerprint density at radius 3 is 2.35 bits per heavy atom. The number of barbiturate groups is 1. The second-order valence-corrected chi connectivity index (χ2v) is 7.51. The first kappa shape index (κ1) is 20.6. The van der Waals surface area contributed by atoms with E-state index in [0.717, 1.165) is 10.6 Å². The number of amides is 4. The Bertz CT molecular complexity index is 1260. The van der Waals surface area contributed by atoms with E-state index in [4.69, 9.17) is 11.6 Å². The Balaban J connectivity index is 1.76. The van der Waals surface area contributed by atoms with Gasteiger partial charge in [-0.1, -0.05) is 17.7 Å². The van der Waals surface area contributed by atoms with Gasteiger partial charge in [-0.15, -0.1) is 0 Å². The van der Waals surface area contributed by atoms with Gasteiger partial charge >= 0.3 is 6.03 Å². The van der Waals surface area contributed by atoms with Crippen LogP contribution in [0.2, 0.25) is 5.02 Å². The zero-order valence-corrected chi connectivity index (χ0v) is 17.4. The minimum absolute atomic E-state index is 0.186. The largest absolute Gasteiger partial charge is 0.335 e. The van der Waals surface area contributed by atoms with Crippen molar-refractivity contribution in [3.05, 3.63) is 88.0 Å². The van der Waals surface area contributed by atoms with Crippen molar-refractivity contribution >= 4 is 41.2 Å². The molecule has 1 N–H and O–H groups in total. The highest BCUT2D eigenvalue weighted by molar-refractivity contribution is 6.39. The summed E-state index contributed by atoms with van der Waals surface area (Å²) in [7, 11) is 0. The van der Waals surface area contributed by atoms with Gasteiger partial charge in [-0.3, -0.25) is 14.9 Å². The molecule has 0 spiro atoms. The fourth-order valence-electron chi connectivity index (χ4n) is 3.58. The highest BCUT2D eigenvalue weighted by Gasteiger charge is 2.37. The lowest BCUT2D eigenvalue weighted by molar-refractivity contribution is -0.122. The van der Waals surface area contributed by atoms with E-state index in [1.807, 2.05) is 11.5 Å². The molecule has 4 amide bonds. The number of nitrogens with one attached hydrogen (secondary N) is 1. The molecule has 1 fully saturated rings. The summed E-state index contributed by atoms with van der Waals surface area (Å²) < 4.78 is 15.5. The second-order valence-electron chi connectivity index (χ2n) is 7.08. The molecule has 0 bridgehead atoms. The maximum Gasteiger partial charge on any atom is 0.335 e. The monoisotopic (exact) mass is 437 g/mol. The summed E-state index contributed by atoms with van der Waals surface area (Å²) in [6, 6.07) is 13.2. The zero-order valence-electron chi connectivity index (χ0n) is 16.6. The lowest BCUT2D eigenvalue weighted by Crippen LogP contribution is -2.54. The number of aromatic nitrogens is 1. The Kier molecular flexibility index (Phi) is 5.20. The quantitative estimate of drug-likeness (QED) is 0.482. The molecule has 2 heterocycles. The molecule has 3 aromatic rings. The lowest BCUT2D eigenvalue weighted by atomic mass is 10.1. The highest BCUT2D eigenvalue weighted by Crippen LogP contribution is 2.26. The fourth-order valence-corrected chi connectivity index (χ4v) is 3.71. The molecule has 1 aliphatic rings. The molecule has 1 aliphatic heterocycles. The van der Waals surface area contributed by atoms with Crippen molar-refractivity contribution in [3.8, 4) is 5.69 Å². The van der Waals surface area contributed by atoms with Crippen LogP contribution in [0.1, 0.15) is 17.0 Å². The van der Waals surface area contributed by atoms with Crippen molar-refractivity contribution < 1.29 is 18.8 Å². The summed E-state index contributed by atoms with van der Waals surface area (Å²) in [6.07, 6.45) is 1.44. The van der Waals surface area contributed by atoms with Gasteiger partial charge in [0.25, 0.3) is 11.8 Å². The average molecular weight is 438 g/mol. The third kappa shape index (κ3) is 3.75. The molecule has 0 atom stereocenters. The summed E-state index contributed by atoms with van der Waals surface area (Å²) in [6.45, 7) is 3.64. The number of aryl methyl sites for hydroxylation is 1. The molecular weight excluding hydrogens is 421 g/mol. The van der Waals surface area contributed by atoms with Crippen LogP contribution in [0.25, 0.3) is 11.8 Å². The molecule has 4 rings (SSSR count). The minimum Gasteiger partial charge on any atom is -0.318 e. The molecule has 2 aromatic carbocycles. The van der Waals surface area contributed by atoms with Crippen LogP contribution in [-0.2, 0) is 9.59 Å². The number of benzene rings is 2. The third-order valence-electron chi connectivity index (χ3n) is 5.02. The molecule has 6 nitrogen and oxygen atoms in total. The molecule has 31 heavy (non-hydrogen) atoms. The first-order valence-corrected chi connectivity index (χ1v) is 9.76. The van der Waals surface area contributed by atoms with Crippen molar-refractivity contribution in [3.63, 3.8) is 0 Å². The molecule has 0 unspecified atom stereocenters. The van der Waals surface area contributed by atoms with Gasteiger partial charge in [-0.25, -0.2) is 14.1 Å². The van der Waals surface area contributed by atoms with Crippen LogP contribution in [-0.4, -0.2) is 22.4 Å². The van der Waals surface area contributed by atoms with E-state index in [9.17, 15) is 18.8 Å². The molecule has 0 radical (unpaired) electrons. The zero-order chi connectivity index (χ0) is 22.3. The van der Waals surface area contributed by atoms with Crippen LogP contribution < -0.4 is 10.2 Å². The molecular formula is C23H17ClFN3O3. The highest BCUT2D eigenvalue weighted by atomic mass is 35.5. The van der Waals surface area contributed by atoms with Crippen LogP contribution in [0.3, 0.4) is 0 Å². The van der Waals surface area contributed by atoms with Gasteiger partial charge in [-0.05, 0) is 74.0 Å². The Labute approximate surface area is 182 Å². The summed E-state index contributed by atoms with van der Waals surface area (Å²) in [5, 5.41) is 2.64. The van der Waals surface area contributed by atoms with Crippen molar-refractivity contribution in [2.45, 2.75) is 13.8 Å². The number of urea groups is 1. The molecule has 0 aliphatic carbocycles. The Morgan fingerprint density at radius 2 is 1.68 bits per heavy atom. The van der Waals surface area contributed by atoms with Crippen molar-refractivity contribution in [1.82, 2.24) is 9.88 Å². The van der Waals surface area contributed by atoms with Crippen molar-refractivity contribution in [2.24, 2.45) is 0 Å². The maximum absolute atomic E-state index is 13.7. The molecule has 1 aromatic heterocycles. The third-order valence-corrected chi connectivity index (χ3v) is 5.27. The second kappa shape index (κ2) is 7.85. The Morgan fingerprint density at radius 1 is 0.968 bits per heavy atom. The van der Waals surface area contributed by atoms with Gasteiger partial charge in [0.1, 0.15) is 11.4 Å². The maximum atomic E-state index is 13.7. The van der Waals surface area contributed by atoms with Crippen LogP contribution in [0.5, 0.6) is 0 Å². The summed E-state index contributed by atoms with van der Waals surface area (Å²) in [4.78, 5) is 38.7. The average Bonchev–Trinajstić information content (AvgIpc) is 2.99. The summed E-state index contributed by atoms with van der Waals surface area (Å²) in [5.74, 6) is -1.90. The van der Waals surface area contributed by atoms with Gasteiger partial charge in [0.15, 0.2) is 0 Å². The predicted octanol–water partition coefficient (Wildman–Crippen LogP) is 4.55. The van der Waals surface area contributed by atoms with Crippen molar-refractivity contribution in [2.75, 3.05) is 4.90 Å². The van der Waals surface area contributed by atoms with Crippen LogP contribution in [0, 0.1) is 19.7 Å². The van der Waals surface area contributed by atoms with E-state index in [1.54, 1.807) is 37.3 Å². The van der Waals surface area contributed by atoms with E-state index in [0.29, 0.717) is 22.0 Å². The van der Waals surface area contributed by atoms with Gasteiger partial charge in [-0.2, -0.15) is 0 Å². The standard InChI is InChI=1S/C23H17ClFN3O3/c1-13-10-15(14(2)27(13)19-5-3-4-17(25)12-19)11-20-21(29)26-23(31)28(22(20)30)18-8-6-16(24)7-9-18/h3-12H,1-2H3,(H,26,29,31)/b20-11+. The van der Waals surface area contributed by atoms with Crippen LogP contribution >= 0.6 is 11.6 Å². The van der Waals surface area contributed by atoms with E-state index in [1.165, 1.54) is 30.3 Å². The van der Waals surface area contributed by atoms with Gasteiger partial charge < -0.3 is 4.57 Å². The van der Waals surface area contributed by atoms with E-state index < -0.39 is 17.8 Å². The number of anilines is 1. The predicted molar refractivity (Wildman–Crippen MR) is 116 cm³/mol. The van der Waals surface area contributed by atoms with E-state index >= 15 is 0 Å². The number of halogens is 2. The van der Waals surface area contributed by atoms with Gasteiger partial charge in [0.05, 0.1) is 5.69 Å². The number of carbonyl (C=O) groups excluding carboxylic acids is 3. The molecule has 156 valence electrons. The first-order chi connectivity index (χ1) is 14.8. The topological polar surface area (TPSA) is 71.4 Å². The molecule has 8 heteroatoms. The number of nitrogens with zero attached hydrogens (tertiary/aromatic N) is 2. The number of hydrogen-bond donors (Lipinski definition) is 1. The number of imide groups is 2. The van der Waals surface area contributed by atoms with Gasteiger partial charge in [0, 0.05) is 22.1 Å². The molecule has 0 saturated carbocycles. The lowest BCUT2D eigenvalue weighted by Gasteiger charge is -2.26. The summed E-state index contributed by atoms with van der Waals surface area (Å²) in [5.41, 5.74) is 2.84. The Hall–Kier alpha value is -3.71. The first-order valence-electron chi connectivity index (χ1n) is 9.38. The SMILES string of the molecule is Cc1cc(/C=C2\C(=O)NC(=O)N(c3ccc(Cl)cc3)C2=O)c(C)n1-c1cccc(F)c1. The minimum atomic E-state index is -0.834. The van der Waals surface area contributed by atoms with Crippen LogP contribution in [0.15, 0.2) is 60.2 Å². The normalized spacial score (nSPS) is 15.5.